The van der Waals surface area contributed by atoms with Gasteiger partial charge < -0.3 is 14.4 Å². The quantitative estimate of drug-likeness (QED) is 0.619. The summed E-state index contributed by atoms with van der Waals surface area (Å²) >= 11 is 0. The number of hydrogen-bond donors (Lipinski definition) is 0. The number of rotatable bonds is 7. The first kappa shape index (κ1) is 23.7. The van der Waals surface area contributed by atoms with Crippen molar-refractivity contribution in [1.82, 2.24) is 9.21 Å². The molecule has 0 bridgehead atoms. The summed E-state index contributed by atoms with van der Waals surface area (Å²) in [7, 11) is -3.55. The molecule has 0 aromatic heterocycles. The monoisotopic (exact) mass is 472 g/mol. The van der Waals surface area contributed by atoms with Crippen LogP contribution >= 0.6 is 0 Å². The Morgan fingerprint density at radius 3 is 2.27 bits per heavy atom. The molecule has 2 fully saturated rings. The minimum atomic E-state index is -3.55. The number of carbonyl (C=O) groups is 1. The van der Waals surface area contributed by atoms with Gasteiger partial charge in [0.1, 0.15) is 5.75 Å². The molecule has 33 heavy (non-hydrogen) atoms. The van der Waals surface area contributed by atoms with Gasteiger partial charge in [-0.2, -0.15) is 4.31 Å². The van der Waals surface area contributed by atoms with Gasteiger partial charge in [-0.05, 0) is 61.9 Å². The van der Waals surface area contributed by atoms with Crippen molar-refractivity contribution in [1.29, 1.82) is 0 Å². The summed E-state index contributed by atoms with van der Waals surface area (Å²) in [5.74, 6) is 0.887. The average Bonchev–Trinajstić information content (AvgIpc) is 2.85. The van der Waals surface area contributed by atoms with Gasteiger partial charge in [-0.15, -0.1) is 0 Å². The van der Waals surface area contributed by atoms with Gasteiger partial charge in [0, 0.05) is 26.2 Å². The third-order valence-electron chi connectivity index (χ3n) is 6.39. The first-order valence-electron chi connectivity index (χ1n) is 11.6. The molecule has 0 radical (unpaired) electrons. The normalized spacial score (nSPS) is 19.2. The molecule has 0 unspecified atom stereocenters. The summed E-state index contributed by atoms with van der Waals surface area (Å²) in [6.07, 6.45) is 2.06. The van der Waals surface area contributed by atoms with E-state index < -0.39 is 16.1 Å². The molecular weight excluding hydrogens is 440 g/mol. The van der Waals surface area contributed by atoms with E-state index in [2.05, 4.69) is 12.1 Å². The van der Waals surface area contributed by atoms with Gasteiger partial charge in [-0.3, -0.25) is 4.79 Å². The molecule has 2 aliphatic heterocycles. The Balaban J connectivity index is 1.31. The number of morpholine rings is 1. The van der Waals surface area contributed by atoms with Gasteiger partial charge in [0.2, 0.25) is 10.0 Å². The second-order valence-corrected chi connectivity index (χ2v) is 10.6. The lowest BCUT2D eigenvalue weighted by Gasteiger charge is -2.31. The lowest BCUT2D eigenvalue weighted by atomic mass is 9.91. The van der Waals surface area contributed by atoms with Crippen LogP contribution in [0.25, 0.3) is 0 Å². The number of nitrogens with zero attached hydrogens (tertiary/aromatic N) is 2. The Labute approximate surface area is 196 Å². The predicted molar refractivity (Wildman–Crippen MR) is 126 cm³/mol. The summed E-state index contributed by atoms with van der Waals surface area (Å²) in [5.41, 5.74) is 1.30. The summed E-state index contributed by atoms with van der Waals surface area (Å²) in [5, 5.41) is 0. The lowest BCUT2D eigenvalue weighted by Crippen LogP contribution is -2.46. The van der Waals surface area contributed by atoms with E-state index >= 15 is 0 Å². The first-order valence-corrected chi connectivity index (χ1v) is 13.0. The van der Waals surface area contributed by atoms with Crippen molar-refractivity contribution in [3.63, 3.8) is 0 Å². The summed E-state index contributed by atoms with van der Waals surface area (Å²) < 4.78 is 38.9. The van der Waals surface area contributed by atoms with Crippen molar-refractivity contribution in [3.05, 3.63) is 60.2 Å². The predicted octanol–water partition coefficient (Wildman–Crippen LogP) is 2.96. The Hall–Kier alpha value is -2.42. The maximum Gasteiger partial charge on any atom is 0.263 e. The van der Waals surface area contributed by atoms with Crippen LogP contribution in [0, 0.1) is 5.92 Å². The Bertz CT molecular complexity index is 1010. The Morgan fingerprint density at radius 1 is 1.00 bits per heavy atom. The average molecular weight is 473 g/mol. The molecule has 4 rings (SSSR count). The van der Waals surface area contributed by atoms with Crippen LogP contribution in [0.1, 0.15) is 25.3 Å². The largest absolute Gasteiger partial charge is 0.481 e. The van der Waals surface area contributed by atoms with Crippen LogP contribution in [0.2, 0.25) is 0 Å². The number of carbonyl (C=O) groups excluding carboxylic acids is 1. The number of benzene rings is 2. The fourth-order valence-corrected chi connectivity index (χ4v) is 5.91. The fourth-order valence-electron chi connectivity index (χ4n) is 4.44. The SMILES string of the molecule is C[C@H](Oc1ccc(S(=O)(=O)N2CCC(Cc3ccccc3)CC2)cc1)C(=O)N1CCOCC1. The zero-order valence-corrected chi connectivity index (χ0v) is 19.9. The smallest absolute Gasteiger partial charge is 0.263 e. The molecule has 2 aromatic rings. The van der Waals surface area contributed by atoms with Crippen molar-refractivity contribution in [2.24, 2.45) is 5.92 Å². The minimum Gasteiger partial charge on any atom is -0.481 e. The van der Waals surface area contributed by atoms with Gasteiger partial charge in [-0.1, -0.05) is 30.3 Å². The van der Waals surface area contributed by atoms with E-state index in [-0.39, 0.29) is 10.8 Å². The Kier molecular flexibility index (Phi) is 7.67. The van der Waals surface area contributed by atoms with Crippen molar-refractivity contribution < 1.29 is 22.7 Å². The molecule has 2 aliphatic rings. The van der Waals surface area contributed by atoms with Gasteiger partial charge in [0.05, 0.1) is 18.1 Å². The van der Waals surface area contributed by atoms with Crippen LogP contribution in [-0.2, 0) is 26.0 Å². The summed E-state index contributed by atoms with van der Waals surface area (Å²) in [6.45, 7) is 4.97. The van der Waals surface area contributed by atoms with Crippen LogP contribution in [-0.4, -0.2) is 69.0 Å². The van der Waals surface area contributed by atoms with E-state index in [1.54, 1.807) is 40.4 Å². The zero-order chi connectivity index (χ0) is 23.3. The highest BCUT2D eigenvalue weighted by Gasteiger charge is 2.30. The van der Waals surface area contributed by atoms with Gasteiger partial charge >= 0.3 is 0 Å². The number of sulfonamides is 1. The molecule has 0 N–H and O–H groups in total. The number of hydrogen-bond acceptors (Lipinski definition) is 5. The third-order valence-corrected chi connectivity index (χ3v) is 8.30. The van der Waals surface area contributed by atoms with E-state index in [1.165, 1.54) is 5.56 Å². The molecule has 0 aliphatic carbocycles. The molecule has 8 heteroatoms. The minimum absolute atomic E-state index is 0.0895. The molecule has 0 spiro atoms. The summed E-state index contributed by atoms with van der Waals surface area (Å²) in [4.78, 5) is 14.5. The number of piperidine rings is 1. The van der Waals surface area contributed by atoms with Crippen molar-refractivity contribution >= 4 is 15.9 Å². The van der Waals surface area contributed by atoms with Crippen LogP contribution in [0.3, 0.4) is 0 Å². The van der Waals surface area contributed by atoms with Gasteiger partial charge in [0.25, 0.3) is 5.91 Å². The lowest BCUT2D eigenvalue weighted by molar-refractivity contribution is -0.142. The number of ether oxygens (including phenoxy) is 2. The molecule has 2 aromatic carbocycles. The third kappa shape index (κ3) is 5.93. The van der Waals surface area contributed by atoms with Crippen LogP contribution in [0.15, 0.2) is 59.5 Å². The topological polar surface area (TPSA) is 76.2 Å². The zero-order valence-electron chi connectivity index (χ0n) is 19.1. The van der Waals surface area contributed by atoms with E-state index in [1.807, 2.05) is 18.2 Å². The standard InChI is InChI=1S/C25H32N2O5S/c1-20(25(28)26-15-17-31-18-16-26)32-23-7-9-24(10-8-23)33(29,30)27-13-11-22(12-14-27)19-21-5-3-2-4-6-21/h2-10,20,22H,11-19H2,1H3/t20-/m0/s1. The second-order valence-electron chi connectivity index (χ2n) is 8.71. The molecular formula is C25H32N2O5S. The van der Waals surface area contributed by atoms with Crippen LogP contribution in [0.4, 0.5) is 0 Å². The first-order chi connectivity index (χ1) is 15.9. The second kappa shape index (κ2) is 10.7. The van der Waals surface area contributed by atoms with Crippen LogP contribution < -0.4 is 4.74 Å². The van der Waals surface area contributed by atoms with Crippen molar-refractivity contribution in [2.75, 3.05) is 39.4 Å². The van der Waals surface area contributed by atoms with Crippen molar-refractivity contribution in [3.8, 4) is 5.75 Å². The molecule has 1 atom stereocenters. The van der Waals surface area contributed by atoms with Crippen molar-refractivity contribution in [2.45, 2.75) is 37.2 Å². The highest BCUT2D eigenvalue weighted by Crippen LogP contribution is 2.27. The Morgan fingerprint density at radius 2 is 1.64 bits per heavy atom. The molecule has 0 saturated carbocycles. The van der Waals surface area contributed by atoms with E-state index in [0.717, 1.165) is 19.3 Å². The molecule has 1 amide bonds. The number of amides is 1. The van der Waals surface area contributed by atoms with E-state index in [4.69, 9.17) is 9.47 Å². The van der Waals surface area contributed by atoms with Crippen LogP contribution in [0.5, 0.6) is 5.75 Å². The van der Waals surface area contributed by atoms with E-state index in [0.29, 0.717) is 51.1 Å². The summed E-state index contributed by atoms with van der Waals surface area (Å²) in [6, 6.07) is 16.7. The molecule has 2 heterocycles. The highest BCUT2D eigenvalue weighted by atomic mass is 32.2. The molecule has 7 nitrogen and oxygen atoms in total. The molecule has 178 valence electrons. The van der Waals surface area contributed by atoms with Gasteiger partial charge in [-0.25, -0.2) is 8.42 Å². The highest BCUT2D eigenvalue weighted by molar-refractivity contribution is 7.89. The molecule has 2 saturated heterocycles. The van der Waals surface area contributed by atoms with Gasteiger partial charge in [0.15, 0.2) is 6.10 Å². The fraction of sp³-hybridized carbons (Fsp3) is 0.480. The van der Waals surface area contributed by atoms with E-state index in [9.17, 15) is 13.2 Å². The maximum absolute atomic E-state index is 13.1. The maximum atomic E-state index is 13.1.